The Bertz CT molecular complexity index is 270. The fraction of sp³-hybridized carbons (Fsp3) is 1.00. The highest BCUT2D eigenvalue weighted by atomic mass is 32.2. The number of nitrogens with zero attached hydrogens (tertiary/aromatic N) is 1. The first-order valence-corrected chi connectivity index (χ1v) is 7.93. The standard InChI is InChI=1S/C11H23NO3S/c1-2-3-11(4-7-13)10-12-5-8-16(14,15)9-6-12/h11,13H,2-10H2,1H3. The minimum atomic E-state index is -2.77. The van der Waals surface area contributed by atoms with E-state index < -0.39 is 9.84 Å². The van der Waals surface area contributed by atoms with Crippen LogP contribution in [-0.2, 0) is 9.84 Å². The van der Waals surface area contributed by atoms with Gasteiger partial charge in [-0.15, -0.1) is 0 Å². The van der Waals surface area contributed by atoms with E-state index in [1.165, 1.54) is 0 Å². The van der Waals surface area contributed by atoms with Crippen molar-refractivity contribution in [2.24, 2.45) is 5.92 Å². The summed E-state index contributed by atoms with van der Waals surface area (Å²) in [4.78, 5) is 2.22. The number of aliphatic hydroxyl groups is 1. The molecule has 0 saturated carbocycles. The molecule has 1 rings (SSSR count). The maximum absolute atomic E-state index is 11.3. The monoisotopic (exact) mass is 249 g/mol. The van der Waals surface area contributed by atoms with Gasteiger partial charge in [-0.05, 0) is 18.8 Å². The van der Waals surface area contributed by atoms with Gasteiger partial charge in [-0.25, -0.2) is 8.42 Å². The van der Waals surface area contributed by atoms with E-state index in [0.29, 0.717) is 30.5 Å². The molecule has 1 saturated heterocycles. The largest absolute Gasteiger partial charge is 0.396 e. The summed E-state index contributed by atoms with van der Waals surface area (Å²) in [5.74, 6) is 1.10. The molecule has 5 heteroatoms. The van der Waals surface area contributed by atoms with Crippen molar-refractivity contribution in [3.63, 3.8) is 0 Å². The highest BCUT2D eigenvalue weighted by Crippen LogP contribution is 2.14. The van der Waals surface area contributed by atoms with E-state index in [2.05, 4.69) is 11.8 Å². The van der Waals surface area contributed by atoms with Crippen molar-refractivity contribution in [1.29, 1.82) is 0 Å². The van der Waals surface area contributed by atoms with Crippen molar-refractivity contribution in [3.05, 3.63) is 0 Å². The van der Waals surface area contributed by atoms with E-state index >= 15 is 0 Å². The molecular weight excluding hydrogens is 226 g/mol. The van der Waals surface area contributed by atoms with E-state index in [1.807, 2.05) is 0 Å². The van der Waals surface area contributed by atoms with Gasteiger partial charge in [0.25, 0.3) is 0 Å². The van der Waals surface area contributed by atoms with E-state index in [4.69, 9.17) is 5.11 Å². The van der Waals surface area contributed by atoms with Crippen LogP contribution < -0.4 is 0 Å². The molecule has 1 fully saturated rings. The van der Waals surface area contributed by atoms with Gasteiger partial charge >= 0.3 is 0 Å². The topological polar surface area (TPSA) is 57.6 Å². The Hall–Kier alpha value is -0.130. The highest BCUT2D eigenvalue weighted by molar-refractivity contribution is 7.91. The minimum Gasteiger partial charge on any atom is -0.396 e. The maximum Gasteiger partial charge on any atom is 0.152 e. The van der Waals surface area contributed by atoms with Crippen molar-refractivity contribution >= 4 is 9.84 Å². The zero-order chi connectivity index (χ0) is 12.0. The van der Waals surface area contributed by atoms with Crippen LogP contribution in [-0.4, -0.2) is 56.2 Å². The van der Waals surface area contributed by atoms with E-state index in [0.717, 1.165) is 25.8 Å². The highest BCUT2D eigenvalue weighted by Gasteiger charge is 2.23. The second kappa shape index (κ2) is 6.57. The van der Waals surface area contributed by atoms with Crippen molar-refractivity contribution < 1.29 is 13.5 Å². The molecule has 1 unspecified atom stereocenters. The molecule has 4 nitrogen and oxygen atoms in total. The van der Waals surface area contributed by atoms with Crippen LogP contribution in [0.4, 0.5) is 0 Å². The lowest BCUT2D eigenvalue weighted by atomic mass is 9.99. The van der Waals surface area contributed by atoms with Gasteiger partial charge in [-0.1, -0.05) is 13.3 Å². The normalized spacial score (nSPS) is 23.1. The molecule has 0 aromatic heterocycles. The third kappa shape index (κ3) is 4.80. The number of aliphatic hydroxyl groups excluding tert-OH is 1. The zero-order valence-corrected chi connectivity index (χ0v) is 10.9. The van der Waals surface area contributed by atoms with Crippen LogP contribution in [0.15, 0.2) is 0 Å². The minimum absolute atomic E-state index is 0.233. The lowest BCUT2D eigenvalue weighted by Crippen LogP contribution is -2.42. The van der Waals surface area contributed by atoms with Gasteiger partial charge in [0, 0.05) is 26.2 Å². The molecule has 1 heterocycles. The molecule has 0 amide bonds. The Morgan fingerprint density at radius 3 is 2.38 bits per heavy atom. The summed E-state index contributed by atoms with van der Waals surface area (Å²) in [5.41, 5.74) is 0. The SMILES string of the molecule is CCCC(CCO)CN1CCS(=O)(=O)CC1. The molecule has 1 aliphatic heterocycles. The third-order valence-corrected chi connectivity index (χ3v) is 4.80. The lowest BCUT2D eigenvalue weighted by molar-refractivity contribution is 0.195. The van der Waals surface area contributed by atoms with Crippen LogP contribution in [0, 0.1) is 5.92 Å². The summed E-state index contributed by atoms with van der Waals surface area (Å²) in [6.45, 7) is 4.63. The van der Waals surface area contributed by atoms with Crippen molar-refractivity contribution in [2.75, 3.05) is 37.7 Å². The summed E-state index contributed by atoms with van der Waals surface area (Å²) in [5, 5.41) is 8.96. The van der Waals surface area contributed by atoms with Crippen LogP contribution in [0.3, 0.4) is 0 Å². The van der Waals surface area contributed by atoms with Crippen LogP contribution in [0.25, 0.3) is 0 Å². The van der Waals surface area contributed by atoms with Crippen molar-refractivity contribution in [3.8, 4) is 0 Å². The predicted molar refractivity (Wildman–Crippen MR) is 65.2 cm³/mol. The van der Waals surface area contributed by atoms with Crippen molar-refractivity contribution in [1.82, 2.24) is 4.90 Å². The van der Waals surface area contributed by atoms with Crippen LogP contribution in [0.2, 0.25) is 0 Å². The van der Waals surface area contributed by atoms with Gasteiger partial charge in [0.1, 0.15) is 0 Å². The molecule has 0 aromatic carbocycles. The number of hydrogen-bond donors (Lipinski definition) is 1. The van der Waals surface area contributed by atoms with E-state index in [-0.39, 0.29) is 6.61 Å². The molecule has 16 heavy (non-hydrogen) atoms. The summed E-state index contributed by atoms with van der Waals surface area (Å²) >= 11 is 0. The second-order valence-electron chi connectivity index (χ2n) is 4.62. The first kappa shape index (κ1) is 13.9. The molecule has 1 N–H and O–H groups in total. The van der Waals surface area contributed by atoms with Gasteiger partial charge in [0.05, 0.1) is 11.5 Å². The average molecular weight is 249 g/mol. The van der Waals surface area contributed by atoms with Gasteiger partial charge in [-0.2, -0.15) is 0 Å². The Labute approximate surface area is 98.6 Å². The Morgan fingerprint density at radius 1 is 1.25 bits per heavy atom. The van der Waals surface area contributed by atoms with Crippen LogP contribution >= 0.6 is 0 Å². The smallest absolute Gasteiger partial charge is 0.152 e. The molecule has 0 aliphatic carbocycles. The summed E-state index contributed by atoms with van der Waals surface area (Å²) in [6, 6.07) is 0. The Kier molecular flexibility index (Phi) is 5.72. The molecule has 0 aromatic rings. The van der Waals surface area contributed by atoms with Gasteiger partial charge < -0.3 is 10.0 Å². The van der Waals surface area contributed by atoms with Crippen molar-refractivity contribution in [2.45, 2.75) is 26.2 Å². The van der Waals surface area contributed by atoms with Gasteiger partial charge in [0.15, 0.2) is 9.84 Å². The van der Waals surface area contributed by atoms with Crippen LogP contribution in [0.5, 0.6) is 0 Å². The lowest BCUT2D eigenvalue weighted by Gasteiger charge is -2.30. The first-order valence-electron chi connectivity index (χ1n) is 6.11. The molecule has 0 bridgehead atoms. The van der Waals surface area contributed by atoms with Gasteiger partial charge in [-0.3, -0.25) is 0 Å². The fourth-order valence-electron chi connectivity index (χ4n) is 2.22. The number of hydrogen-bond acceptors (Lipinski definition) is 4. The average Bonchev–Trinajstić information content (AvgIpc) is 2.22. The fourth-order valence-corrected chi connectivity index (χ4v) is 3.49. The molecule has 96 valence electrons. The molecule has 0 spiro atoms. The van der Waals surface area contributed by atoms with E-state index in [9.17, 15) is 8.42 Å². The third-order valence-electron chi connectivity index (χ3n) is 3.19. The number of sulfone groups is 1. The summed E-state index contributed by atoms with van der Waals surface area (Å²) in [6.07, 6.45) is 3.07. The molecular formula is C11H23NO3S. The summed E-state index contributed by atoms with van der Waals surface area (Å²) in [7, 11) is -2.77. The molecule has 1 atom stereocenters. The Balaban J connectivity index is 2.35. The zero-order valence-electron chi connectivity index (χ0n) is 10.1. The predicted octanol–water partition coefficient (Wildman–Crippen LogP) is 0.515. The second-order valence-corrected chi connectivity index (χ2v) is 6.92. The van der Waals surface area contributed by atoms with Crippen LogP contribution in [0.1, 0.15) is 26.2 Å². The molecule has 1 aliphatic rings. The first-order chi connectivity index (χ1) is 7.57. The molecule has 0 radical (unpaired) electrons. The Morgan fingerprint density at radius 2 is 1.88 bits per heavy atom. The summed E-state index contributed by atoms with van der Waals surface area (Å²) < 4.78 is 22.5. The maximum atomic E-state index is 11.3. The van der Waals surface area contributed by atoms with Gasteiger partial charge in [0.2, 0.25) is 0 Å². The van der Waals surface area contributed by atoms with E-state index in [1.54, 1.807) is 0 Å². The number of rotatable bonds is 6. The quantitative estimate of drug-likeness (QED) is 0.745.